The summed E-state index contributed by atoms with van der Waals surface area (Å²) in [5.74, 6) is 0.137. The molecule has 0 fully saturated rings. The van der Waals surface area contributed by atoms with E-state index in [1.807, 2.05) is 42.6 Å². The minimum atomic E-state index is -0.469. The molecular weight excluding hydrogens is 402 g/mol. The highest BCUT2D eigenvalue weighted by Gasteiger charge is 2.19. The molecule has 0 spiro atoms. The molecule has 1 amide bonds. The molecule has 6 nitrogen and oxygen atoms in total. The van der Waals surface area contributed by atoms with E-state index in [2.05, 4.69) is 18.4 Å². The summed E-state index contributed by atoms with van der Waals surface area (Å²) >= 11 is 6.10. The summed E-state index contributed by atoms with van der Waals surface area (Å²) < 4.78 is 2.10. The lowest BCUT2D eigenvalue weighted by atomic mass is 10.1. The van der Waals surface area contributed by atoms with Crippen LogP contribution in [0.2, 0.25) is 5.02 Å². The van der Waals surface area contributed by atoms with Gasteiger partial charge in [0.2, 0.25) is 0 Å². The van der Waals surface area contributed by atoms with Gasteiger partial charge in [0.15, 0.2) is 0 Å². The topological polar surface area (TPSA) is 68.4 Å². The van der Waals surface area contributed by atoms with Gasteiger partial charge in [0.1, 0.15) is 0 Å². The number of nitrogens with zero attached hydrogens (tertiary/aromatic N) is 3. The van der Waals surface area contributed by atoms with E-state index in [-0.39, 0.29) is 17.5 Å². The highest BCUT2D eigenvalue weighted by atomic mass is 35.5. The molecule has 0 saturated carbocycles. The summed E-state index contributed by atoms with van der Waals surface area (Å²) in [6, 6.07) is 17.4. The van der Waals surface area contributed by atoms with E-state index in [4.69, 9.17) is 11.6 Å². The molecule has 3 rings (SSSR count). The fourth-order valence-corrected chi connectivity index (χ4v) is 3.56. The standard InChI is InChI=1S/C23H24ClN3O3/c1-17(2)14-26(23(28)19-8-10-21(11-9-19)27(29)30)16-22-7-4-12-25(22)15-18-5-3-6-20(24)13-18/h3-13,17H,14-16H2,1-2H3. The van der Waals surface area contributed by atoms with Gasteiger partial charge in [0.25, 0.3) is 11.6 Å². The van der Waals surface area contributed by atoms with Crippen molar-refractivity contribution in [2.45, 2.75) is 26.9 Å². The number of aromatic nitrogens is 1. The zero-order valence-corrected chi connectivity index (χ0v) is 17.7. The number of halogens is 1. The number of nitro benzene ring substituents is 1. The molecule has 0 radical (unpaired) electrons. The van der Waals surface area contributed by atoms with Crippen LogP contribution in [0.15, 0.2) is 66.9 Å². The molecule has 0 aliphatic carbocycles. The zero-order valence-electron chi connectivity index (χ0n) is 17.0. The fraction of sp³-hybridized carbons (Fsp3) is 0.261. The average Bonchev–Trinajstić information content (AvgIpc) is 3.13. The molecule has 2 aromatic carbocycles. The van der Waals surface area contributed by atoms with Gasteiger partial charge in [0.05, 0.1) is 11.5 Å². The van der Waals surface area contributed by atoms with Crippen molar-refractivity contribution in [3.05, 3.63) is 98.8 Å². The van der Waals surface area contributed by atoms with E-state index in [9.17, 15) is 14.9 Å². The van der Waals surface area contributed by atoms with Gasteiger partial charge in [-0.1, -0.05) is 37.6 Å². The monoisotopic (exact) mass is 425 g/mol. The third kappa shape index (κ3) is 5.48. The van der Waals surface area contributed by atoms with Gasteiger partial charge < -0.3 is 9.47 Å². The van der Waals surface area contributed by atoms with Crippen LogP contribution < -0.4 is 0 Å². The number of carbonyl (C=O) groups is 1. The number of hydrogen-bond donors (Lipinski definition) is 0. The van der Waals surface area contributed by atoms with E-state index < -0.39 is 4.92 Å². The Morgan fingerprint density at radius 1 is 1.13 bits per heavy atom. The van der Waals surface area contributed by atoms with E-state index in [0.29, 0.717) is 30.2 Å². The first-order valence-electron chi connectivity index (χ1n) is 9.75. The summed E-state index contributed by atoms with van der Waals surface area (Å²) in [5.41, 5.74) is 2.49. The van der Waals surface area contributed by atoms with Gasteiger partial charge in [0, 0.05) is 47.7 Å². The third-order valence-electron chi connectivity index (χ3n) is 4.72. The Hall–Kier alpha value is -3.12. The van der Waals surface area contributed by atoms with Crippen molar-refractivity contribution in [2.24, 2.45) is 5.92 Å². The van der Waals surface area contributed by atoms with Gasteiger partial charge in [-0.05, 0) is 47.9 Å². The maximum atomic E-state index is 13.1. The number of amides is 1. The molecule has 0 unspecified atom stereocenters. The van der Waals surface area contributed by atoms with Crippen LogP contribution in [-0.2, 0) is 13.1 Å². The van der Waals surface area contributed by atoms with Crippen molar-refractivity contribution >= 4 is 23.2 Å². The van der Waals surface area contributed by atoms with Crippen molar-refractivity contribution in [2.75, 3.05) is 6.54 Å². The number of hydrogen-bond acceptors (Lipinski definition) is 3. The highest BCUT2D eigenvalue weighted by molar-refractivity contribution is 6.30. The number of non-ortho nitro benzene ring substituents is 1. The molecule has 156 valence electrons. The molecule has 3 aromatic rings. The van der Waals surface area contributed by atoms with Crippen molar-refractivity contribution in [3.8, 4) is 0 Å². The second kappa shape index (κ2) is 9.59. The molecular formula is C23H24ClN3O3. The molecule has 0 bridgehead atoms. The van der Waals surface area contributed by atoms with Gasteiger partial charge in [-0.3, -0.25) is 14.9 Å². The van der Waals surface area contributed by atoms with Gasteiger partial charge in [-0.25, -0.2) is 0 Å². The predicted molar refractivity (Wildman–Crippen MR) is 118 cm³/mol. The van der Waals surface area contributed by atoms with Crippen LogP contribution in [0, 0.1) is 16.0 Å². The number of carbonyl (C=O) groups excluding carboxylic acids is 1. The Labute approximate surface area is 180 Å². The second-order valence-electron chi connectivity index (χ2n) is 7.64. The van der Waals surface area contributed by atoms with Gasteiger partial charge >= 0.3 is 0 Å². The summed E-state index contributed by atoms with van der Waals surface area (Å²) in [6.45, 7) is 5.80. The number of nitro groups is 1. The van der Waals surface area contributed by atoms with Crippen LogP contribution in [0.3, 0.4) is 0 Å². The molecule has 0 aliphatic rings. The first-order valence-corrected chi connectivity index (χ1v) is 10.1. The Balaban J connectivity index is 1.81. The smallest absolute Gasteiger partial charge is 0.269 e. The van der Waals surface area contributed by atoms with E-state index in [1.165, 1.54) is 24.3 Å². The predicted octanol–water partition coefficient (Wildman–Crippen LogP) is 5.40. The van der Waals surface area contributed by atoms with Crippen LogP contribution in [0.25, 0.3) is 0 Å². The highest BCUT2D eigenvalue weighted by Crippen LogP contribution is 2.18. The maximum Gasteiger partial charge on any atom is 0.269 e. The van der Waals surface area contributed by atoms with Crippen LogP contribution in [0.4, 0.5) is 5.69 Å². The Bertz CT molecular complexity index is 1030. The molecule has 0 aliphatic heterocycles. The van der Waals surface area contributed by atoms with Crippen LogP contribution in [0.5, 0.6) is 0 Å². The lowest BCUT2D eigenvalue weighted by Gasteiger charge is -2.25. The summed E-state index contributed by atoms with van der Waals surface area (Å²) in [4.78, 5) is 25.3. The Kier molecular flexibility index (Phi) is 6.90. The largest absolute Gasteiger partial charge is 0.345 e. The molecule has 0 N–H and O–H groups in total. The Morgan fingerprint density at radius 3 is 2.50 bits per heavy atom. The molecule has 0 atom stereocenters. The molecule has 1 aromatic heterocycles. The van der Waals surface area contributed by atoms with Gasteiger partial charge in [-0.15, -0.1) is 0 Å². The zero-order chi connectivity index (χ0) is 21.7. The van der Waals surface area contributed by atoms with Crippen molar-refractivity contribution in [1.29, 1.82) is 0 Å². The lowest BCUT2D eigenvalue weighted by molar-refractivity contribution is -0.384. The van der Waals surface area contributed by atoms with Crippen molar-refractivity contribution in [1.82, 2.24) is 9.47 Å². The minimum absolute atomic E-state index is 0.0302. The molecule has 0 saturated heterocycles. The first-order chi connectivity index (χ1) is 14.3. The fourth-order valence-electron chi connectivity index (χ4n) is 3.34. The summed E-state index contributed by atoms with van der Waals surface area (Å²) in [7, 11) is 0. The molecule has 30 heavy (non-hydrogen) atoms. The van der Waals surface area contributed by atoms with Crippen molar-refractivity contribution < 1.29 is 9.72 Å². The normalized spacial score (nSPS) is 10.9. The average molecular weight is 426 g/mol. The van der Waals surface area contributed by atoms with Crippen LogP contribution in [-0.4, -0.2) is 26.8 Å². The van der Waals surface area contributed by atoms with Crippen molar-refractivity contribution in [3.63, 3.8) is 0 Å². The van der Waals surface area contributed by atoms with Crippen LogP contribution >= 0.6 is 11.6 Å². The lowest BCUT2D eigenvalue weighted by Crippen LogP contribution is -2.34. The van der Waals surface area contributed by atoms with E-state index >= 15 is 0 Å². The van der Waals surface area contributed by atoms with E-state index in [1.54, 1.807) is 4.90 Å². The number of benzene rings is 2. The van der Waals surface area contributed by atoms with E-state index in [0.717, 1.165) is 11.3 Å². The SMILES string of the molecule is CC(C)CN(Cc1cccn1Cc1cccc(Cl)c1)C(=O)c1ccc([N+](=O)[O-])cc1. The summed E-state index contributed by atoms with van der Waals surface area (Å²) in [5, 5.41) is 11.6. The third-order valence-corrected chi connectivity index (χ3v) is 4.95. The summed E-state index contributed by atoms with van der Waals surface area (Å²) in [6.07, 6.45) is 1.99. The second-order valence-corrected chi connectivity index (χ2v) is 8.08. The molecule has 1 heterocycles. The number of rotatable bonds is 8. The maximum absolute atomic E-state index is 13.1. The quantitative estimate of drug-likeness (QED) is 0.358. The Morgan fingerprint density at radius 2 is 1.87 bits per heavy atom. The first kappa shape index (κ1) is 21.6. The van der Waals surface area contributed by atoms with Gasteiger partial charge in [-0.2, -0.15) is 0 Å². The molecule has 7 heteroatoms. The minimum Gasteiger partial charge on any atom is -0.345 e. The van der Waals surface area contributed by atoms with Crippen LogP contribution in [0.1, 0.15) is 35.5 Å².